The van der Waals surface area contributed by atoms with Gasteiger partial charge in [-0.1, -0.05) is 0 Å². The van der Waals surface area contributed by atoms with E-state index in [1.165, 1.54) is 15.2 Å². The number of nitrogens with zero attached hydrogens (tertiary/aromatic N) is 2. The summed E-state index contributed by atoms with van der Waals surface area (Å²) in [5.41, 5.74) is -0.291. The summed E-state index contributed by atoms with van der Waals surface area (Å²) in [5.74, 6) is 0. The van der Waals surface area contributed by atoms with E-state index in [1.807, 2.05) is 20.8 Å². The van der Waals surface area contributed by atoms with Crippen molar-refractivity contribution in [3.05, 3.63) is 32.6 Å². The molecule has 0 atom stereocenters. The molecule has 0 saturated heterocycles. The first kappa shape index (κ1) is 10.8. The summed E-state index contributed by atoms with van der Waals surface area (Å²) >= 11 is 0. The minimum absolute atomic E-state index is 0.238. The minimum atomic E-state index is -0.473. The lowest BCUT2D eigenvalue weighted by molar-refractivity contribution is 0.356. The van der Waals surface area contributed by atoms with Crippen molar-refractivity contribution in [2.24, 2.45) is 7.05 Å². The number of rotatable bonds is 0. The van der Waals surface area contributed by atoms with Crippen LogP contribution in [0.25, 0.3) is 0 Å². The normalized spacial score (nSPS) is 11.8. The maximum atomic E-state index is 11.8. The van der Waals surface area contributed by atoms with Gasteiger partial charge in [-0.25, -0.2) is 4.79 Å². The molecule has 0 N–H and O–H groups in total. The molecule has 1 rings (SSSR count). The molecular formula is C10H16N2O2. The zero-order chi connectivity index (χ0) is 11.1. The van der Waals surface area contributed by atoms with E-state index in [1.54, 1.807) is 14.0 Å². The van der Waals surface area contributed by atoms with Crippen molar-refractivity contribution in [1.82, 2.24) is 9.13 Å². The van der Waals surface area contributed by atoms with Gasteiger partial charge >= 0.3 is 5.69 Å². The van der Waals surface area contributed by atoms with Crippen LogP contribution in [-0.2, 0) is 12.6 Å². The van der Waals surface area contributed by atoms with Crippen LogP contribution in [0.2, 0.25) is 0 Å². The van der Waals surface area contributed by atoms with Gasteiger partial charge in [-0.15, -0.1) is 0 Å². The van der Waals surface area contributed by atoms with Gasteiger partial charge in [-0.05, 0) is 27.7 Å². The Kier molecular flexibility index (Phi) is 2.39. The lowest BCUT2D eigenvalue weighted by Crippen LogP contribution is -2.47. The molecule has 14 heavy (non-hydrogen) atoms. The average molecular weight is 196 g/mol. The topological polar surface area (TPSA) is 44.0 Å². The molecule has 0 bridgehead atoms. The summed E-state index contributed by atoms with van der Waals surface area (Å²) in [6.45, 7) is 7.26. The molecule has 0 saturated carbocycles. The SMILES string of the molecule is Cc1cc(=O)n(C(C)(C)C)c(=O)n1C. The Morgan fingerprint density at radius 3 is 2.14 bits per heavy atom. The van der Waals surface area contributed by atoms with E-state index in [0.717, 1.165) is 0 Å². The summed E-state index contributed by atoms with van der Waals surface area (Å²) in [7, 11) is 1.67. The van der Waals surface area contributed by atoms with E-state index in [0.29, 0.717) is 5.69 Å². The molecular weight excluding hydrogens is 180 g/mol. The first-order chi connectivity index (χ1) is 6.25. The standard InChI is InChI=1S/C10H16N2O2/c1-7-6-8(13)12(10(2,3)4)9(14)11(7)5/h6H,1-5H3. The third-order valence-corrected chi connectivity index (χ3v) is 2.23. The monoisotopic (exact) mass is 196 g/mol. The summed E-state index contributed by atoms with van der Waals surface area (Å²) in [6, 6.07) is 1.48. The van der Waals surface area contributed by atoms with Gasteiger partial charge in [-0.2, -0.15) is 0 Å². The lowest BCUT2D eigenvalue weighted by Gasteiger charge is -2.22. The second-order valence-electron chi connectivity index (χ2n) is 4.47. The Morgan fingerprint density at radius 2 is 1.71 bits per heavy atom. The summed E-state index contributed by atoms with van der Waals surface area (Å²) in [6.07, 6.45) is 0. The van der Waals surface area contributed by atoms with Gasteiger partial charge in [0.1, 0.15) is 0 Å². The molecule has 0 aliphatic heterocycles. The van der Waals surface area contributed by atoms with Crippen LogP contribution in [0.5, 0.6) is 0 Å². The van der Waals surface area contributed by atoms with Crippen molar-refractivity contribution < 1.29 is 0 Å². The highest BCUT2D eigenvalue weighted by Gasteiger charge is 2.18. The van der Waals surface area contributed by atoms with Crippen LogP contribution in [0.4, 0.5) is 0 Å². The molecule has 0 amide bonds. The molecule has 1 heterocycles. The number of hydrogen-bond acceptors (Lipinski definition) is 2. The van der Waals surface area contributed by atoms with Crippen LogP contribution >= 0.6 is 0 Å². The van der Waals surface area contributed by atoms with Crippen molar-refractivity contribution >= 4 is 0 Å². The summed E-state index contributed by atoms with van der Waals surface area (Å²) in [4.78, 5) is 23.4. The fourth-order valence-corrected chi connectivity index (χ4v) is 1.35. The van der Waals surface area contributed by atoms with Crippen LogP contribution in [0.1, 0.15) is 26.5 Å². The molecule has 0 unspecified atom stereocenters. The summed E-state index contributed by atoms with van der Waals surface area (Å²) in [5, 5.41) is 0. The highest BCUT2D eigenvalue weighted by atomic mass is 16.2. The first-order valence-electron chi connectivity index (χ1n) is 4.55. The van der Waals surface area contributed by atoms with Gasteiger partial charge in [0, 0.05) is 24.3 Å². The number of aromatic nitrogens is 2. The average Bonchev–Trinajstić information content (AvgIpc) is 1.97. The van der Waals surface area contributed by atoms with Gasteiger partial charge in [0.25, 0.3) is 5.56 Å². The quantitative estimate of drug-likeness (QED) is 0.610. The Balaban J connectivity index is 3.71. The van der Waals surface area contributed by atoms with Gasteiger partial charge < -0.3 is 4.57 Å². The van der Waals surface area contributed by atoms with Crippen molar-refractivity contribution in [3.63, 3.8) is 0 Å². The summed E-state index contributed by atoms with van der Waals surface area (Å²) < 4.78 is 2.74. The van der Waals surface area contributed by atoms with Crippen LogP contribution < -0.4 is 11.2 Å². The van der Waals surface area contributed by atoms with E-state index in [4.69, 9.17) is 0 Å². The molecule has 4 nitrogen and oxygen atoms in total. The van der Waals surface area contributed by atoms with E-state index in [2.05, 4.69) is 0 Å². The third-order valence-electron chi connectivity index (χ3n) is 2.23. The Labute approximate surface area is 82.8 Å². The zero-order valence-electron chi connectivity index (χ0n) is 9.29. The van der Waals surface area contributed by atoms with Crippen LogP contribution in [0.3, 0.4) is 0 Å². The van der Waals surface area contributed by atoms with Gasteiger partial charge in [0.15, 0.2) is 0 Å². The molecule has 1 aromatic heterocycles. The molecule has 0 radical (unpaired) electrons. The third kappa shape index (κ3) is 1.64. The molecule has 1 aromatic rings. The molecule has 78 valence electrons. The van der Waals surface area contributed by atoms with Gasteiger partial charge in [-0.3, -0.25) is 9.36 Å². The van der Waals surface area contributed by atoms with Gasteiger partial charge in [0.2, 0.25) is 0 Å². The van der Waals surface area contributed by atoms with E-state index in [-0.39, 0.29) is 11.2 Å². The maximum absolute atomic E-state index is 11.8. The maximum Gasteiger partial charge on any atom is 0.331 e. The smallest absolute Gasteiger partial charge is 0.301 e. The van der Waals surface area contributed by atoms with E-state index < -0.39 is 5.54 Å². The fourth-order valence-electron chi connectivity index (χ4n) is 1.35. The van der Waals surface area contributed by atoms with Crippen molar-refractivity contribution in [1.29, 1.82) is 0 Å². The molecule has 0 spiro atoms. The second kappa shape index (κ2) is 3.12. The van der Waals surface area contributed by atoms with Crippen LogP contribution in [0.15, 0.2) is 15.7 Å². The molecule has 0 aliphatic carbocycles. The Morgan fingerprint density at radius 1 is 1.21 bits per heavy atom. The van der Waals surface area contributed by atoms with E-state index in [9.17, 15) is 9.59 Å². The first-order valence-corrected chi connectivity index (χ1v) is 4.55. The Hall–Kier alpha value is -1.32. The fraction of sp³-hybridized carbons (Fsp3) is 0.600. The van der Waals surface area contributed by atoms with Crippen molar-refractivity contribution in [2.75, 3.05) is 0 Å². The minimum Gasteiger partial charge on any atom is -0.301 e. The van der Waals surface area contributed by atoms with Crippen LogP contribution in [0, 0.1) is 6.92 Å². The van der Waals surface area contributed by atoms with Crippen molar-refractivity contribution in [2.45, 2.75) is 33.2 Å². The Bertz CT molecular complexity index is 460. The second-order valence-corrected chi connectivity index (χ2v) is 4.47. The lowest BCUT2D eigenvalue weighted by atomic mass is 10.1. The highest BCUT2D eigenvalue weighted by molar-refractivity contribution is 5.01. The highest BCUT2D eigenvalue weighted by Crippen LogP contribution is 2.07. The van der Waals surface area contributed by atoms with E-state index >= 15 is 0 Å². The van der Waals surface area contributed by atoms with Crippen LogP contribution in [-0.4, -0.2) is 9.13 Å². The molecule has 0 fully saturated rings. The molecule has 0 aliphatic rings. The zero-order valence-corrected chi connectivity index (χ0v) is 9.29. The molecule has 4 heteroatoms. The van der Waals surface area contributed by atoms with Crippen molar-refractivity contribution in [3.8, 4) is 0 Å². The number of hydrogen-bond donors (Lipinski definition) is 0. The largest absolute Gasteiger partial charge is 0.331 e. The predicted molar refractivity (Wildman–Crippen MR) is 55.7 cm³/mol. The van der Waals surface area contributed by atoms with Gasteiger partial charge in [0.05, 0.1) is 0 Å². The predicted octanol–water partition coefficient (Wildman–Crippen LogP) is 0.610. The number of aryl methyl sites for hydroxylation is 1. The molecule has 0 aromatic carbocycles.